The molecule has 1 fully saturated rings. The molecule has 0 aromatic carbocycles. The average Bonchev–Trinajstić information content (AvgIpc) is 2.97. The zero-order chi connectivity index (χ0) is 9.54. The van der Waals surface area contributed by atoms with Crippen molar-refractivity contribution in [1.82, 2.24) is 14.6 Å². The van der Waals surface area contributed by atoms with Crippen molar-refractivity contribution in [1.29, 1.82) is 0 Å². The van der Waals surface area contributed by atoms with E-state index in [0.29, 0.717) is 12.5 Å². The first-order chi connectivity index (χ1) is 6.86. The molecule has 0 unspecified atom stereocenters. The first-order valence-corrected chi connectivity index (χ1v) is 4.92. The van der Waals surface area contributed by atoms with Crippen LogP contribution in [0.2, 0.25) is 0 Å². The lowest BCUT2D eigenvalue weighted by Gasteiger charge is -1.94. The standard InChI is InChI=1S/C10H12N4/c11-6-7-3-4-14-9(5-7)12-10(13-14)8-1-2-8/h3-5,8H,1-2,6,11H2. The van der Waals surface area contributed by atoms with Crippen LogP contribution in [-0.4, -0.2) is 14.6 Å². The Morgan fingerprint density at radius 3 is 3.07 bits per heavy atom. The van der Waals surface area contributed by atoms with Gasteiger partial charge in [0.05, 0.1) is 0 Å². The second-order valence-corrected chi connectivity index (χ2v) is 3.79. The van der Waals surface area contributed by atoms with Crippen LogP contribution in [0.3, 0.4) is 0 Å². The number of fused-ring (bicyclic) bond motifs is 1. The van der Waals surface area contributed by atoms with Gasteiger partial charge in [0, 0.05) is 18.7 Å². The van der Waals surface area contributed by atoms with Gasteiger partial charge in [-0.25, -0.2) is 9.50 Å². The first kappa shape index (κ1) is 7.94. The van der Waals surface area contributed by atoms with Gasteiger partial charge in [-0.15, -0.1) is 0 Å². The van der Waals surface area contributed by atoms with E-state index >= 15 is 0 Å². The number of nitrogens with zero attached hydrogens (tertiary/aromatic N) is 3. The Bertz CT molecular complexity index is 470. The van der Waals surface area contributed by atoms with Crippen LogP contribution in [0.15, 0.2) is 18.3 Å². The monoisotopic (exact) mass is 188 g/mol. The summed E-state index contributed by atoms with van der Waals surface area (Å²) in [4.78, 5) is 4.48. The van der Waals surface area contributed by atoms with Crippen molar-refractivity contribution >= 4 is 5.65 Å². The van der Waals surface area contributed by atoms with Crippen molar-refractivity contribution in [3.05, 3.63) is 29.7 Å². The number of pyridine rings is 1. The van der Waals surface area contributed by atoms with Crippen molar-refractivity contribution in [2.45, 2.75) is 25.3 Å². The normalized spacial score (nSPS) is 16.4. The van der Waals surface area contributed by atoms with E-state index in [1.165, 1.54) is 12.8 Å². The minimum atomic E-state index is 0.558. The molecule has 1 saturated carbocycles. The Hall–Kier alpha value is -1.42. The molecule has 1 aliphatic rings. The van der Waals surface area contributed by atoms with E-state index in [0.717, 1.165) is 17.0 Å². The average molecular weight is 188 g/mol. The Kier molecular flexibility index (Phi) is 1.58. The molecule has 3 rings (SSSR count). The fourth-order valence-corrected chi connectivity index (χ4v) is 1.58. The molecule has 14 heavy (non-hydrogen) atoms. The molecule has 2 aromatic rings. The van der Waals surface area contributed by atoms with Gasteiger partial charge in [-0.1, -0.05) is 0 Å². The Morgan fingerprint density at radius 1 is 1.50 bits per heavy atom. The topological polar surface area (TPSA) is 56.2 Å². The van der Waals surface area contributed by atoms with Crippen LogP contribution >= 0.6 is 0 Å². The third-order valence-electron chi connectivity index (χ3n) is 2.60. The highest BCUT2D eigenvalue weighted by atomic mass is 15.3. The summed E-state index contributed by atoms with van der Waals surface area (Å²) in [5.74, 6) is 1.59. The molecule has 2 heterocycles. The molecule has 0 radical (unpaired) electrons. The lowest BCUT2D eigenvalue weighted by atomic mass is 10.3. The highest BCUT2D eigenvalue weighted by Gasteiger charge is 2.27. The molecule has 2 N–H and O–H groups in total. The van der Waals surface area contributed by atoms with Crippen LogP contribution in [-0.2, 0) is 6.54 Å². The van der Waals surface area contributed by atoms with Crippen molar-refractivity contribution in [2.75, 3.05) is 0 Å². The largest absolute Gasteiger partial charge is 0.326 e. The number of hydrogen-bond acceptors (Lipinski definition) is 3. The van der Waals surface area contributed by atoms with E-state index in [1.807, 2.05) is 22.8 Å². The molecule has 0 saturated heterocycles. The van der Waals surface area contributed by atoms with Gasteiger partial charge >= 0.3 is 0 Å². The number of rotatable bonds is 2. The molecule has 2 aromatic heterocycles. The van der Waals surface area contributed by atoms with Gasteiger partial charge < -0.3 is 5.73 Å². The highest BCUT2D eigenvalue weighted by Crippen LogP contribution is 2.38. The van der Waals surface area contributed by atoms with E-state index in [-0.39, 0.29) is 0 Å². The molecule has 0 spiro atoms. The summed E-state index contributed by atoms with van der Waals surface area (Å²) >= 11 is 0. The second kappa shape index (κ2) is 2.78. The van der Waals surface area contributed by atoms with E-state index in [1.54, 1.807) is 0 Å². The molecule has 0 amide bonds. The first-order valence-electron chi connectivity index (χ1n) is 4.92. The third-order valence-corrected chi connectivity index (χ3v) is 2.60. The highest BCUT2D eigenvalue weighted by molar-refractivity contribution is 5.41. The number of hydrogen-bond donors (Lipinski definition) is 1. The molecule has 4 heteroatoms. The predicted octanol–water partition coefficient (Wildman–Crippen LogP) is 1.07. The van der Waals surface area contributed by atoms with Gasteiger partial charge in [0.25, 0.3) is 0 Å². The summed E-state index contributed by atoms with van der Waals surface area (Å²) in [6.45, 7) is 0.558. The minimum absolute atomic E-state index is 0.558. The van der Waals surface area contributed by atoms with Gasteiger partial charge in [-0.2, -0.15) is 5.10 Å². The van der Waals surface area contributed by atoms with E-state index < -0.39 is 0 Å². The van der Waals surface area contributed by atoms with E-state index in [9.17, 15) is 0 Å². The smallest absolute Gasteiger partial charge is 0.155 e. The fraction of sp³-hybridized carbons (Fsp3) is 0.400. The predicted molar refractivity (Wildman–Crippen MR) is 52.9 cm³/mol. The SMILES string of the molecule is NCc1ccn2nc(C3CC3)nc2c1. The Morgan fingerprint density at radius 2 is 2.36 bits per heavy atom. The lowest BCUT2D eigenvalue weighted by Crippen LogP contribution is -1.97. The maximum absolute atomic E-state index is 5.56. The van der Waals surface area contributed by atoms with Crippen molar-refractivity contribution in [2.24, 2.45) is 5.73 Å². The third kappa shape index (κ3) is 1.19. The van der Waals surface area contributed by atoms with E-state index in [2.05, 4.69) is 10.1 Å². The molecular formula is C10H12N4. The molecule has 0 atom stereocenters. The summed E-state index contributed by atoms with van der Waals surface area (Å²) in [6, 6.07) is 3.98. The zero-order valence-corrected chi connectivity index (χ0v) is 7.85. The summed E-state index contributed by atoms with van der Waals surface area (Å²) in [7, 11) is 0. The minimum Gasteiger partial charge on any atom is -0.326 e. The maximum atomic E-state index is 5.56. The number of aromatic nitrogens is 3. The molecule has 72 valence electrons. The fourth-order valence-electron chi connectivity index (χ4n) is 1.58. The van der Waals surface area contributed by atoms with Crippen LogP contribution in [0, 0.1) is 0 Å². The molecule has 0 aliphatic heterocycles. The quantitative estimate of drug-likeness (QED) is 0.766. The van der Waals surface area contributed by atoms with Gasteiger partial charge in [0.1, 0.15) is 0 Å². The van der Waals surface area contributed by atoms with Crippen LogP contribution in [0.25, 0.3) is 5.65 Å². The van der Waals surface area contributed by atoms with Crippen LogP contribution in [0.5, 0.6) is 0 Å². The van der Waals surface area contributed by atoms with Gasteiger partial charge in [0.2, 0.25) is 0 Å². The van der Waals surface area contributed by atoms with Crippen molar-refractivity contribution in [3.8, 4) is 0 Å². The molecule has 1 aliphatic carbocycles. The summed E-state index contributed by atoms with van der Waals surface area (Å²) in [5, 5.41) is 4.41. The maximum Gasteiger partial charge on any atom is 0.155 e. The van der Waals surface area contributed by atoms with Crippen LogP contribution < -0.4 is 5.73 Å². The Balaban J connectivity index is 2.12. The van der Waals surface area contributed by atoms with Gasteiger partial charge in [-0.3, -0.25) is 0 Å². The second-order valence-electron chi connectivity index (χ2n) is 3.79. The van der Waals surface area contributed by atoms with E-state index in [4.69, 9.17) is 5.73 Å². The number of nitrogens with two attached hydrogens (primary N) is 1. The summed E-state index contributed by atoms with van der Waals surface area (Å²) in [5.41, 5.74) is 7.58. The van der Waals surface area contributed by atoms with Crippen molar-refractivity contribution in [3.63, 3.8) is 0 Å². The lowest BCUT2D eigenvalue weighted by molar-refractivity contribution is 0.875. The molecule has 4 nitrogen and oxygen atoms in total. The van der Waals surface area contributed by atoms with Gasteiger partial charge in [0.15, 0.2) is 11.5 Å². The van der Waals surface area contributed by atoms with Crippen molar-refractivity contribution < 1.29 is 0 Å². The van der Waals surface area contributed by atoms with Crippen LogP contribution in [0.1, 0.15) is 30.1 Å². The zero-order valence-electron chi connectivity index (χ0n) is 7.85. The summed E-state index contributed by atoms with van der Waals surface area (Å²) in [6.07, 6.45) is 4.40. The summed E-state index contributed by atoms with van der Waals surface area (Å²) < 4.78 is 1.83. The molecular weight excluding hydrogens is 176 g/mol. The molecule has 0 bridgehead atoms. The van der Waals surface area contributed by atoms with Gasteiger partial charge in [-0.05, 0) is 30.5 Å². The van der Waals surface area contributed by atoms with Crippen LogP contribution in [0.4, 0.5) is 0 Å². The Labute approximate surface area is 81.8 Å².